The van der Waals surface area contributed by atoms with Crippen LogP contribution in [0.2, 0.25) is 10.3 Å². The number of aromatic nitrogens is 2. The molecule has 20 heavy (non-hydrogen) atoms. The highest BCUT2D eigenvalue weighted by atomic mass is 35.5. The van der Waals surface area contributed by atoms with E-state index in [4.69, 9.17) is 23.2 Å². The normalized spacial score (nSPS) is 26.2. The van der Waals surface area contributed by atoms with Crippen molar-refractivity contribution in [1.29, 1.82) is 0 Å². The molecule has 1 fully saturated rings. The van der Waals surface area contributed by atoms with Gasteiger partial charge in [0.15, 0.2) is 10.3 Å². The van der Waals surface area contributed by atoms with E-state index < -0.39 is 11.5 Å². The van der Waals surface area contributed by atoms with E-state index in [2.05, 4.69) is 22.4 Å². The van der Waals surface area contributed by atoms with E-state index in [-0.39, 0.29) is 10.3 Å². The highest BCUT2D eigenvalue weighted by Crippen LogP contribution is 2.37. The van der Waals surface area contributed by atoms with Gasteiger partial charge in [-0.15, -0.1) is 10.2 Å². The Hall–Kier alpha value is -1.07. The Kier molecular flexibility index (Phi) is 4.70. The van der Waals surface area contributed by atoms with Crippen molar-refractivity contribution in [2.24, 2.45) is 5.92 Å². The molecule has 1 aliphatic rings. The smallest absolute Gasteiger partial charge is 0.329 e. The van der Waals surface area contributed by atoms with Crippen LogP contribution in [0.25, 0.3) is 0 Å². The van der Waals surface area contributed by atoms with Crippen LogP contribution in [0, 0.1) is 5.92 Å². The van der Waals surface area contributed by atoms with Gasteiger partial charge < -0.3 is 10.4 Å². The molecule has 2 rings (SSSR count). The number of rotatable bonds is 4. The summed E-state index contributed by atoms with van der Waals surface area (Å²) >= 11 is 11.7. The number of carbonyl (C=O) groups is 1. The number of carboxylic acids is 1. The van der Waals surface area contributed by atoms with Crippen molar-refractivity contribution in [3.05, 3.63) is 16.4 Å². The Morgan fingerprint density at radius 2 is 2.10 bits per heavy atom. The van der Waals surface area contributed by atoms with Crippen molar-refractivity contribution < 1.29 is 9.90 Å². The molecule has 0 spiro atoms. The molecule has 1 heterocycles. The lowest BCUT2D eigenvalue weighted by Gasteiger charge is -2.38. The third-order valence-corrected chi connectivity index (χ3v) is 4.50. The first kappa shape index (κ1) is 15.3. The fourth-order valence-electron chi connectivity index (χ4n) is 2.67. The summed E-state index contributed by atoms with van der Waals surface area (Å²) in [7, 11) is 0. The molecular weight excluding hydrogens is 301 g/mol. The molecule has 2 N–H and O–H groups in total. The molecule has 5 nitrogen and oxygen atoms in total. The van der Waals surface area contributed by atoms with Crippen LogP contribution in [0.5, 0.6) is 0 Å². The van der Waals surface area contributed by atoms with Crippen molar-refractivity contribution in [3.8, 4) is 0 Å². The molecule has 0 unspecified atom stereocenters. The second-order valence-electron chi connectivity index (χ2n) is 5.24. The van der Waals surface area contributed by atoms with Crippen molar-refractivity contribution in [2.75, 3.05) is 5.32 Å². The summed E-state index contributed by atoms with van der Waals surface area (Å²) in [5.41, 5.74) is -0.578. The number of carboxylic acid groups (broad SMARTS) is 1. The van der Waals surface area contributed by atoms with Crippen LogP contribution < -0.4 is 5.32 Å². The molecule has 0 radical (unpaired) electrons. The largest absolute Gasteiger partial charge is 0.480 e. The van der Waals surface area contributed by atoms with Crippen molar-refractivity contribution >= 4 is 34.9 Å². The highest BCUT2D eigenvalue weighted by Gasteiger charge is 2.42. The Labute approximate surface area is 127 Å². The fraction of sp³-hybridized carbons (Fsp3) is 0.615. The van der Waals surface area contributed by atoms with Crippen molar-refractivity contribution in [1.82, 2.24) is 10.2 Å². The van der Waals surface area contributed by atoms with Crippen LogP contribution in [-0.2, 0) is 4.79 Å². The number of anilines is 1. The minimum atomic E-state index is -0.998. The molecule has 1 aromatic rings. The molecule has 1 saturated carbocycles. The standard InChI is InChI=1S/C13H17Cl2N3O2/c1-2-8-3-5-13(6-4-8,12(19)20)16-9-7-10(14)17-18-11(9)15/h7-8H,2-6H2,1H3,(H,16,17)(H,19,20). The minimum absolute atomic E-state index is 0.132. The maximum atomic E-state index is 11.7. The fourth-order valence-corrected chi connectivity index (χ4v) is 2.96. The second-order valence-corrected chi connectivity index (χ2v) is 5.98. The third-order valence-electron chi connectivity index (χ3n) is 4.04. The average molecular weight is 318 g/mol. The molecule has 110 valence electrons. The summed E-state index contributed by atoms with van der Waals surface area (Å²) < 4.78 is 0. The van der Waals surface area contributed by atoms with E-state index in [1.807, 2.05) is 0 Å². The first-order chi connectivity index (χ1) is 9.47. The SMILES string of the molecule is CCC1CCC(Nc2cc(Cl)nnc2Cl)(C(=O)O)CC1. The van der Waals surface area contributed by atoms with Gasteiger partial charge in [-0.3, -0.25) is 0 Å². The van der Waals surface area contributed by atoms with Gasteiger partial charge in [-0.2, -0.15) is 0 Å². The maximum Gasteiger partial charge on any atom is 0.329 e. The van der Waals surface area contributed by atoms with Crippen molar-refractivity contribution in [2.45, 2.75) is 44.6 Å². The number of hydrogen-bond acceptors (Lipinski definition) is 4. The summed E-state index contributed by atoms with van der Waals surface area (Å²) in [5.74, 6) is -0.269. The summed E-state index contributed by atoms with van der Waals surface area (Å²) in [6.07, 6.45) is 3.99. The Bertz CT molecular complexity index is 502. The number of nitrogens with one attached hydrogen (secondary N) is 1. The Morgan fingerprint density at radius 1 is 1.45 bits per heavy atom. The Morgan fingerprint density at radius 3 is 2.65 bits per heavy atom. The lowest BCUT2D eigenvalue weighted by Crippen LogP contribution is -2.49. The number of hydrogen-bond donors (Lipinski definition) is 2. The summed E-state index contributed by atoms with van der Waals surface area (Å²) in [6, 6.07) is 1.51. The zero-order valence-corrected chi connectivity index (χ0v) is 12.7. The second kappa shape index (κ2) is 6.14. The molecule has 0 aliphatic heterocycles. The van der Waals surface area contributed by atoms with Gasteiger partial charge >= 0.3 is 5.97 Å². The van der Waals surface area contributed by atoms with Crippen LogP contribution in [0.1, 0.15) is 39.0 Å². The summed E-state index contributed by atoms with van der Waals surface area (Å²) in [4.78, 5) is 11.7. The predicted octanol–water partition coefficient (Wildman–Crippen LogP) is 3.62. The van der Waals surface area contributed by atoms with E-state index >= 15 is 0 Å². The number of halogens is 2. The molecule has 0 bridgehead atoms. The van der Waals surface area contributed by atoms with E-state index in [0.29, 0.717) is 24.4 Å². The van der Waals surface area contributed by atoms with Gasteiger partial charge in [0.1, 0.15) is 5.54 Å². The van der Waals surface area contributed by atoms with E-state index in [0.717, 1.165) is 19.3 Å². The lowest BCUT2D eigenvalue weighted by molar-refractivity contribution is -0.143. The van der Waals surface area contributed by atoms with Crippen LogP contribution >= 0.6 is 23.2 Å². The van der Waals surface area contributed by atoms with Gasteiger partial charge in [-0.1, -0.05) is 36.5 Å². The Balaban J connectivity index is 2.22. The molecule has 1 aromatic heterocycles. The molecule has 7 heteroatoms. The number of nitrogens with zero attached hydrogens (tertiary/aromatic N) is 2. The van der Waals surface area contributed by atoms with Gasteiger partial charge in [0.05, 0.1) is 5.69 Å². The lowest BCUT2D eigenvalue weighted by atomic mass is 9.75. The molecule has 1 aliphatic carbocycles. The molecule has 0 atom stereocenters. The van der Waals surface area contributed by atoms with Gasteiger partial charge in [-0.25, -0.2) is 4.79 Å². The summed E-state index contributed by atoms with van der Waals surface area (Å²) in [6.45, 7) is 2.13. The van der Waals surface area contributed by atoms with Crippen LogP contribution in [0.3, 0.4) is 0 Å². The van der Waals surface area contributed by atoms with Gasteiger partial charge in [0.2, 0.25) is 0 Å². The van der Waals surface area contributed by atoms with Gasteiger partial charge in [-0.05, 0) is 31.6 Å². The molecular formula is C13H17Cl2N3O2. The maximum absolute atomic E-state index is 11.7. The van der Waals surface area contributed by atoms with E-state index in [1.165, 1.54) is 6.07 Å². The average Bonchev–Trinajstić information content (AvgIpc) is 2.43. The van der Waals surface area contributed by atoms with E-state index in [9.17, 15) is 9.90 Å². The molecule has 0 saturated heterocycles. The topological polar surface area (TPSA) is 75.1 Å². The van der Waals surface area contributed by atoms with Gasteiger partial charge in [0, 0.05) is 6.07 Å². The van der Waals surface area contributed by atoms with Crippen molar-refractivity contribution in [3.63, 3.8) is 0 Å². The van der Waals surface area contributed by atoms with E-state index in [1.54, 1.807) is 0 Å². The zero-order valence-electron chi connectivity index (χ0n) is 11.2. The van der Waals surface area contributed by atoms with Crippen LogP contribution in [-0.4, -0.2) is 26.8 Å². The third kappa shape index (κ3) is 3.15. The monoisotopic (exact) mass is 317 g/mol. The predicted molar refractivity (Wildman–Crippen MR) is 78.3 cm³/mol. The summed E-state index contributed by atoms with van der Waals surface area (Å²) in [5, 5.41) is 20.3. The number of aliphatic carboxylic acids is 1. The quantitative estimate of drug-likeness (QED) is 0.887. The van der Waals surface area contributed by atoms with Crippen LogP contribution in [0.15, 0.2) is 6.07 Å². The minimum Gasteiger partial charge on any atom is -0.480 e. The molecule has 0 aromatic carbocycles. The zero-order chi connectivity index (χ0) is 14.8. The first-order valence-corrected chi connectivity index (χ1v) is 7.43. The first-order valence-electron chi connectivity index (χ1n) is 6.67. The van der Waals surface area contributed by atoms with Gasteiger partial charge in [0.25, 0.3) is 0 Å². The highest BCUT2D eigenvalue weighted by molar-refractivity contribution is 6.33. The molecule has 0 amide bonds. The van der Waals surface area contributed by atoms with Crippen LogP contribution in [0.4, 0.5) is 5.69 Å².